The van der Waals surface area contributed by atoms with E-state index in [9.17, 15) is 19.1 Å². The lowest BCUT2D eigenvalue weighted by Gasteiger charge is -2.30. The maximum atomic E-state index is 13.7. The first-order valence-corrected chi connectivity index (χ1v) is 8.50. The number of anilines is 1. The minimum atomic E-state index is -0.582. The van der Waals surface area contributed by atoms with Crippen LogP contribution < -0.4 is 10.6 Å². The van der Waals surface area contributed by atoms with Crippen molar-refractivity contribution in [3.8, 4) is 0 Å². The zero-order chi connectivity index (χ0) is 17.5. The fourth-order valence-corrected chi connectivity index (χ4v) is 3.31. The molecular formula is C18H25FN2O3. The molecule has 2 rings (SSSR count). The lowest BCUT2D eigenvalue weighted by Crippen LogP contribution is -2.41. The fourth-order valence-electron chi connectivity index (χ4n) is 3.31. The summed E-state index contributed by atoms with van der Waals surface area (Å²) in [6.45, 7) is 1.30. The van der Waals surface area contributed by atoms with Crippen molar-refractivity contribution in [2.45, 2.75) is 51.5 Å². The standard InChI is InChI=1S/C18H25FN2O3/c1-12(23)20-17-11-14(7-8-15(17)19)18(24)21-16(9-10-22)13-5-3-2-4-6-13/h7-8,11,13,16,22H,2-6,9-10H2,1H3,(H,20,23)(H,21,24). The fraction of sp³-hybridized carbons (Fsp3) is 0.556. The second-order valence-corrected chi connectivity index (χ2v) is 6.37. The number of halogens is 1. The van der Waals surface area contributed by atoms with Crippen LogP contribution in [0, 0.1) is 11.7 Å². The summed E-state index contributed by atoms with van der Waals surface area (Å²) >= 11 is 0. The number of aliphatic hydroxyl groups excluding tert-OH is 1. The van der Waals surface area contributed by atoms with E-state index in [1.807, 2.05) is 0 Å². The van der Waals surface area contributed by atoms with Gasteiger partial charge in [-0.05, 0) is 43.4 Å². The highest BCUT2D eigenvalue weighted by atomic mass is 19.1. The number of hydrogen-bond donors (Lipinski definition) is 3. The highest BCUT2D eigenvalue weighted by Gasteiger charge is 2.25. The first-order valence-electron chi connectivity index (χ1n) is 8.50. The number of carbonyl (C=O) groups excluding carboxylic acids is 2. The summed E-state index contributed by atoms with van der Waals surface area (Å²) in [7, 11) is 0. The number of hydrogen-bond acceptors (Lipinski definition) is 3. The van der Waals surface area contributed by atoms with Crippen LogP contribution in [0.2, 0.25) is 0 Å². The van der Waals surface area contributed by atoms with E-state index in [4.69, 9.17) is 0 Å². The second-order valence-electron chi connectivity index (χ2n) is 6.37. The normalized spacial score (nSPS) is 16.5. The van der Waals surface area contributed by atoms with Gasteiger partial charge in [-0.25, -0.2) is 4.39 Å². The highest BCUT2D eigenvalue weighted by molar-refractivity contribution is 5.97. The van der Waals surface area contributed by atoms with Crippen LogP contribution >= 0.6 is 0 Å². The molecule has 1 aromatic carbocycles. The Balaban J connectivity index is 2.09. The van der Waals surface area contributed by atoms with Gasteiger partial charge in [0.25, 0.3) is 5.91 Å². The van der Waals surface area contributed by atoms with Crippen LogP contribution in [-0.4, -0.2) is 29.6 Å². The van der Waals surface area contributed by atoms with Crippen LogP contribution in [-0.2, 0) is 4.79 Å². The van der Waals surface area contributed by atoms with Crippen molar-refractivity contribution in [3.63, 3.8) is 0 Å². The van der Waals surface area contributed by atoms with Gasteiger partial charge in [0.15, 0.2) is 0 Å². The number of nitrogens with one attached hydrogen (secondary N) is 2. The molecular weight excluding hydrogens is 311 g/mol. The third kappa shape index (κ3) is 5.03. The molecule has 1 aromatic rings. The third-order valence-electron chi connectivity index (χ3n) is 4.51. The number of rotatable bonds is 6. The Morgan fingerprint density at radius 3 is 2.62 bits per heavy atom. The highest BCUT2D eigenvalue weighted by Crippen LogP contribution is 2.28. The molecule has 0 aliphatic heterocycles. The summed E-state index contributed by atoms with van der Waals surface area (Å²) in [5.41, 5.74) is 0.283. The summed E-state index contributed by atoms with van der Waals surface area (Å²) in [6.07, 6.45) is 6.11. The van der Waals surface area contributed by atoms with Crippen molar-refractivity contribution in [3.05, 3.63) is 29.6 Å². The smallest absolute Gasteiger partial charge is 0.251 e. The average molecular weight is 336 g/mol. The molecule has 1 fully saturated rings. The molecule has 0 spiro atoms. The minimum absolute atomic E-state index is 0.00785. The monoisotopic (exact) mass is 336 g/mol. The molecule has 1 unspecified atom stereocenters. The van der Waals surface area contributed by atoms with Crippen LogP contribution in [0.4, 0.5) is 10.1 Å². The topological polar surface area (TPSA) is 78.4 Å². The lowest BCUT2D eigenvalue weighted by atomic mass is 9.82. The van der Waals surface area contributed by atoms with Gasteiger partial charge in [0.05, 0.1) is 5.69 Å². The SMILES string of the molecule is CC(=O)Nc1cc(C(=O)NC(CCO)C2CCCCC2)ccc1F. The Morgan fingerprint density at radius 1 is 1.29 bits per heavy atom. The molecule has 0 saturated heterocycles. The Bertz CT molecular complexity index is 586. The van der Waals surface area contributed by atoms with Gasteiger partial charge in [0.1, 0.15) is 5.82 Å². The maximum absolute atomic E-state index is 13.7. The molecule has 24 heavy (non-hydrogen) atoms. The maximum Gasteiger partial charge on any atom is 0.251 e. The van der Waals surface area contributed by atoms with Crippen molar-refractivity contribution >= 4 is 17.5 Å². The first-order chi connectivity index (χ1) is 11.5. The summed E-state index contributed by atoms with van der Waals surface area (Å²) in [5, 5.41) is 14.6. The number of aliphatic hydroxyl groups is 1. The van der Waals surface area contributed by atoms with Crippen molar-refractivity contribution in [2.75, 3.05) is 11.9 Å². The van der Waals surface area contributed by atoms with Gasteiger partial charge in [-0.15, -0.1) is 0 Å². The number of carbonyl (C=O) groups is 2. The summed E-state index contributed by atoms with van der Waals surface area (Å²) in [6, 6.07) is 3.81. The molecule has 132 valence electrons. The van der Waals surface area contributed by atoms with E-state index < -0.39 is 11.7 Å². The van der Waals surface area contributed by atoms with E-state index in [0.29, 0.717) is 17.9 Å². The van der Waals surface area contributed by atoms with Gasteiger partial charge in [-0.1, -0.05) is 19.3 Å². The zero-order valence-electron chi connectivity index (χ0n) is 14.0. The van der Waals surface area contributed by atoms with Crippen molar-refractivity contribution < 1.29 is 19.1 Å². The van der Waals surface area contributed by atoms with Crippen molar-refractivity contribution in [2.24, 2.45) is 5.92 Å². The Hall–Kier alpha value is -1.95. The van der Waals surface area contributed by atoms with E-state index in [1.165, 1.54) is 31.5 Å². The van der Waals surface area contributed by atoms with Gasteiger partial charge < -0.3 is 15.7 Å². The predicted octanol–water partition coefficient (Wildman–Crippen LogP) is 2.85. The summed E-state index contributed by atoms with van der Waals surface area (Å²) in [5.74, 6) is -0.927. The Morgan fingerprint density at radius 2 is 2.00 bits per heavy atom. The Labute approximate surface area is 141 Å². The molecule has 0 bridgehead atoms. The third-order valence-corrected chi connectivity index (χ3v) is 4.51. The number of benzene rings is 1. The second kappa shape index (κ2) is 8.78. The molecule has 1 atom stereocenters. The van der Waals surface area contributed by atoms with Crippen LogP contribution in [0.3, 0.4) is 0 Å². The van der Waals surface area contributed by atoms with E-state index in [-0.39, 0.29) is 24.2 Å². The van der Waals surface area contributed by atoms with E-state index >= 15 is 0 Å². The van der Waals surface area contributed by atoms with Gasteiger partial charge >= 0.3 is 0 Å². The van der Waals surface area contributed by atoms with Gasteiger partial charge in [-0.2, -0.15) is 0 Å². The van der Waals surface area contributed by atoms with Crippen LogP contribution in [0.15, 0.2) is 18.2 Å². The van der Waals surface area contributed by atoms with E-state index in [0.717, 1.165) is 25.7 Å². The van der Waals surface area contributed by atoms with Crippen LogP contribution in [0.5, 0.6) is 0 Å². The number of amides is 2. The van der Waals surface area contributed by atoms with Gasteiger partial charge in [-0.3, -0.25) is 9.59 Å². The predicted molar refractivity (Wildman–Crippen MR) is 90.2 cm³/mol. The van der Waals surface area contributed by atoms with Crippen LogP contribution in [0.25, 0.3) is 0 Å². The van der Waals surface area contributed by atoms with Crippen molar-refractivity contribution in [1.82, 2.24) is 5.32 Å². The molecule has 5 nitrogen and oxygen atoms in total. The molecule has 1 aliphatic carbocycles. The van der Waals surface area contributed by atoms with Crippen molar-refractivity contribution in [1.29, 1.82) is 0 Å². The lowest BCUT2D eigenvalue weighted by molar-refractivity contribution is -0.114. The molecule has 0 radical (unpaired) electrons. The van der Waals surface area contributed by atoms with E-state index in [1.54, 1.807) is 0 Å². The first kappa shape index (κ1) is 18.4. The van der Waals surface area contributed by atoms with Crippen LogP contribution in [0.1, 0.15) is 55.8 Å². The summed E-state index contributed by atoms with van der Waals surface area (Å²) < 4.78 is 13.7. The Kier molecular flexibility index (Phi) is 6.73. The molecule has 2 amide bonds. The largest absolute Gasteiger partial charge is 0.396 e. The average Bonchev–Trinajstić information content (AvgIpc) is 2.56. The minimum Gasteiger partial charge on any atom is -0.396 e. The molecule has 3 N–H and O–H groups in total. The molecule has 1 aliphatic rings. The quantitative estimate of drug-likeness (QED) is 0.747. The molecule has 0 heterocycles. The van der Waals surface area contributed by atoms with Gasteiger partial charge in [0, 0.05) is 25.1 Å². The molecule has 1 saturated carbocycles. The zero-order valence-corrected chi connectivity index (χ0v) is 14.0. The molecule has 6 heteroatoms. The molecule has 0 aromatic heterocycles. The van der Waals surface area contributed by atoms with Gasteiger partial charge in [0.2, 0.25) is 5.91 Å². The summed E-state index contributed by atoms with van der Waals surface area (Å²) in [4.78, 5) is 23.6. The van der Waals surface area contributed by atoms with E-state index in [2.05, 4.69) is 10.6 Å².